The van der Waals surface area contributed by atoms with Crippen molar-refractivity contribution in [2.45, 2.75) is 63.6 Å². The van der Waals surface area contributed by atoms with Crippen LogP contribution in [0, 0.1) is 0 Å². The number of hydrogen-bond donors (Lipinski definition) is 2. The Morgan fingerprint density at radius 1 is 1.11 bits per heavy atom. The Morgan fingerprint density at radius 3 is 2.56 bits per heavy atom. The molecule has 2 fully saturated rings. The minimum absolute atomic E-state index is 0.424. The van der Waals surface area contributed by atoms with Crippen LogP contribution in [0.2, 0.25) is 0 Å². The molecule has 1 heterocycles. The van der Waals surface area contributed by atoms with Gasteiger partial charge in [-0.1, -0.05) is 43.2 Å². The second kappa shape index (κ2) is 11.3. The van der Waals surface area contributed by atoms with Crippen molar-refractivity contribution in [1.82, 2.24) is 15.5 Å². The van der Waals surface area contributed by atoms with Crippen molar-refractivity contribution in [3.05, 3.63) is 35.9 Å². The van der Waals surface area contributed by atoms with Crippen molar-refractivity contribution in [2.24, 2.45) is 4.99 Å². The summed E-state index contributed by atoms with van der Waals surface area (Å²) in [4.78, 5) is 6.87. The highest BCUT2D eigenvalue weighted by Crippen LogP contribution is 2.18. The lowest BCUT2D eigenvalue weighted by atomic mass is 10.1. The molecule has 0 amide bonds. The average Bonchev–Trinajstić information content (AvgIpc) is 3.22. The third-order valence-corrected chi connectivity index (χ3v) is 5.67. The Morgan fingerprint density at radius 2 is 1.85 bits per heavy atom. The number of nitrogens with one attached hydrogen (secondary N) is 2. The van der Waals surface area contributed by atoms with Gasteiger partial charge >= 0.3 is 0 Å². The van der Waals surface area contributed by atoms with Crippen molar-refractivity contribution >= 4 is 5.96 Å². The fourth-order valence-corrected chi connectivity index (χ4v) is 4.06. The SMILES string of the molecule is CN=C(NCCCOC1CCN(Cc2ccccc2)CC1)NC1CCCC1. The summed E-state index contributed by atoms with van der Waals surface area (Å²) in [5.41, 5.74) is 1.41. The molecule has 1 aromatic carbocycles. The van der Waals surface area contributed by atoms with Crippen molar-refractivity contribution in [3.8, 4) is 0 Å². The molecular formula is C22H36N4O. The van der Waals surface area contributed by atoms with Crippen LogP contribution in [0.25, 0.3) is 0 Å². The zero-order chi connectivity index (χ0) is 18.7. The average molecular weight is 373 g/mol. The van der Waals surface area contributed by atoms with Gasteiger partial charge in [0.2, 0.25) is 0 Å². The molecule has 2 N–H and O–H groups in total. The smallest absolute Gasteiger partial charge is 0.191 e. The molecule has 0 spiro atoms. The summed E-state index contributed by atoms with van der Waals surface area (Å²) < 4.78 is 6.10. The summed E-state index contributed by atoms with van der Waals surface area (Å²) in [5, 5.41) is 6.94. The number of guanidine groups is 1. The fourth-order valence-electron chi connectivity index (χ4n) is 4.06. The van der Waals surface area contributed by atoms with Crippen LogP contribution in [-0.2, 0) is 11.3 Å². The van der Waals surface area contributed by atoms with Gasteiger partial charge in [0.15, 0.2) is 5.96 Å². The molecule has 2 aliphatic rings. The minimum Gasteiger partial charge on any atom is -0.378 e. The van der Waals surface area contributed by atoms with Crippen LogP contribution in [0.3, 0.4) is 0 Å². The minimum atomic E-state index is 0.424. The first kappa shape index (κ1) is 20.2. The first-order chi connectivity index (χ1) is 13.3. The Hall–Kier alpha value is -1.59. The van der Waals surface area contributed by atoms with Crippen LogP contribution >= 0.6 is 0 Å². The van der Waals surface area contributed by atoms with Gasteiger partial charge in [-0.25, -0.2) is 0 Å². The summed E-state index contributed by atoms with van der Waals surface area (Å²) in [6, 6.07) is 11.4. The quantitative estimate of drug-likeness (QED) is 0.418. The maximum Gasteiger partial charge on any atom is 0.191 e. The topological polar surface area (TPSA) is 48.9 Å². The Labute approximate surface area is 164 Å². The molecule has 1 aliphatic carbocycles. The van der Waals surface area contributed by atoms with Gasteiger partial charge in [-0.2, -0.15) is 0 Å². The predicted octanol–water partition coefficient (Wildman–Crippen LogP) is 3.17. The first-order valence-corrected chi connectivity index (χ1v) is 10.7. The molecule has 5 heteroatoms. The Balaban J connectivity index is 1.23. The van der Waals surface area contributed by atoms with Gasteiger partial charge in [-0.05, 0) is 37.7 Å². The van der Waals surface area contributed by atoms with Gasteiger partial charge in [-0.3, -0.25) is 9.89 Å². The molecule has 1 aromatic rings. The van der Waals surface area contributed by atoms with Crippen LogP contribution < -0.4 is 10.6 Å². The van der Waals surface area contributed by atoms with Gasteiger partial charge < -0.3 is 15.4 Å². The molecule has 5 nitrogen and oxygen atoms in total. The van der Waals surface area contributed by atoms with Gasteiger partial charge in [0.1, 0.15) is 0 Å². The molecule has 1 aliphatic heterocycles. The van der Waals surface area contributed by atoms with Crippen LogP contribution in [-0.4, -0.2) is 56.3 Å². The lowest BCUT2D eigenvalue weighted by Crippen LogP contribution is -2.42. The number of ether oxygens (including phenoxy) is 1. The van der Waals surface area contributed by atoms with E-state index in [1.807, 2.05) is 7.05 Å². The van der Waals surface area contributed by atoms with Gasteiger partial charge in [0.05, 0.1) is 6.10 Å². The van der Waals surface area contributed by atoms with E-state index in [4.69, 9.17) is 4.74 Å². The normalized spacial score (nSPS) is 20.1. The number of aliphatic imine (C=N–C) groups is 1. The third-order valence-electron chi connectivity index (χ3n) is 5.67. The van der Waals surface area contributed by atoms with Gasteiger partial charge in [0.25, 0.3) is 0 Å². The number of benzene rings is 1. The van der Waals surface area contributed by atoms with E-state index in [-0.39, 0.29) is 0 Å². The standard InChI is InChI=1S/C22H36N4O/c1-23-22(25-20-10-5-6-11-20)24-14-7-17-27-21-12-15-26(16-13-21)18-19-8-3-2-4-9-19/h2-4,8-9,20-21H,5-7,10-18H2,1H3,(H2,23,24,25). The third kappa shape index (κ3) is 7.15. The van der Waals surface area contributed by atoms with Crippen molar-refractivity contribution in [1.29, 1.82) is 0 Å². The summed E-state index contributed by atoms with van der Waals surface area (Å²) in [5.74, 6) is 0.941. The summed E-state index contributed by atoms with van der Waals surface area (Å²) in [6.45, 7) is 5.08. The maximum atomic E-state index is 6.10. The molecule has 0 radical (unpaired) electrons. The molecule has 1 saturated heterocycles. The zero-order valence-corrected chi connectivity index (χ0v) is 16.8. The number of hydrogen-bond acceptors (Lipinski definition) is 3. The predicted molar refractivity (Wildman–Crippen MR) is 112 cm³/mol. The van der Waals surface area contributed by atoms with Gasteiger partial charge in [0, 0.05) is 45.9 Å². The molecule has 3 rings (SSSR count). The summed E-state index contributed by atoms with van der Waals surface area (Å²) in [7, 11) is 1.85. The van der Waals surface area contributed by atoms with E-state index in [2.05, 4.69) is 50.9 Å². The lowest BCUT2D eigenvalue weighted by molar-refractivity contribution is 0.00534. The summed E-state index contributed by atoms with van der Waals surface area (Å²) in [6.07, 6.45) is 8.96. The highest BCUT2D eigenvalue weighted by atomic mass is 16.5. The molecule has 150 valence electrons. The molecule has 27 heavy (non-hydrogen) atoms. The second-order valence-electron chi connectivity index (χ2n) is 7.81. The largest absolute Gasteiger partial charge is 0.378 e. The van der Waals surface area contributed by atoms with Crippen LogP contribution in [0.1, 0.15) is 50.5 Å². The molecule has 0 atom stereocenters. The van der Waals surface area contributed by atoms with E-state index in [0.717, 1.165) is 58.0 Å². The zero-order valence-electron chi connectivity index (χ0n) is 16.8. The van der Waals surface area contributed by atoms with E-state index < -0.39 is 0 Å². The van der Waals surface area contributed by atoms with E-state index in [9.17, 15) is 0 Å². The number of likely N-dealkylation sites (tertiary alicyclic amines) is 1. The summed E-state index contributed by atoms with van der Waals surface area (Å²) >= 11 is 0. The molecule has 0 unspecified atom stereocenters. The van der Waals surface area contributed by atoms with Crippen molar-refractivity contribution in [3.63, 3.8) is 0 Å². The Bertz CT molecular complexity index is 549. The van der Waals surface area contributed by atoms with Crippen LogP contribution in [0.15, 0.2) is 35.3 Å². The second-order valence-corrected chi connectivity index (χ2v) is 7.81. The van der Waals surface area contributed by atoms with Gasteiger partial charge in [-0.15, -0.1) is 0 Å². The van der Waals surface area contributed by atoms with E-state index in [0.29, 0.717) is 12.1 Å². The molecular weight excluding hydrogens is 336 g/mol. The monoisotopic (exact) mass is 372 g/mol. The number of rotatable bonds is 8. The van der Waals surface area contributed by atoms with Crippen molar-refractivity contribution in [2.75, 3.05) is 33.3 Å². The maximum absolute atomic E-state index is 6.10. The highest BCUT2D eigenvalue weighted by molar-refractivity contribution is 5.79. The highest BCUT2D eigenvalue weighted by Gasteiger charge is 2.19. The van der Waals surface area contributed by atoms with E-state index >= 15 is 0 Å². The van der Waals surface area contributed by atoms with Crippen LogP contribution in [0.5, 0.6) is 0 Å². The number of nitrogens with zero attached hydrogens (tertiary/aromatic N) is 2. The molecule has 0 bridgehead atoms. The van der Waals surface area contributed by atoms with E-state index in [1.54, 1.807) is 0 Å². The van der Waals surface area contributed by atoms with E-state index in [1.165, 1.54) is 31.2 Å². The fraction of sp³-hybridized carbons (Fsp3) is 0.682. The van der Waals surface area contributed by atoms with Crippen LogP contribution in [0.4, 0.5) is 0 Å². The first-order valence-electron chi connectivity index (χ1n) is 10.7. The van der Waals surface area contributed by atoms with Crippen molar-refractivity contribution < 1.29 is 4.74 Å². The number of piperidine rings is 1. The molecule has 0 aromatic heterocycles. The lowest BCUT2D eigenvalue weighted by Gasteiger charge is -2.32. The molecule has 1 saturated carbocycles. The Kier molecular flexibility index (Phi) is 8.43.